The van der Waals surface area contributed by atoms with Crippen molar-refractivity contribution in [3.63, 3.8) is 0 Å². The Balaban J connectivity index is 1.93. The van der Waals surface area contributed by atoms with E-state index in [-0.39, 0.29) is 0 Å². The van der Waals surface area contributed by atoms with Crippen molar-refractivity contribution in [2.75, 3.05) is 26.2 Å². The van der Waals surface area contributed by atoms with Crippen LogP contribution < -0.4 is 5.32 Å². The number of hydrogen-bond acceptors (Lipinski definition) is 2. The Labute approximate surface area is 132 Å². The molecule has 112 valence electrons. The monoisotopic (exact) mass is 338 g/mol. The van der Waals surface area contributed by atoms with E-state index in [1.165, 1.54) is 48.9 Å². The van der Waals surface area contributed by atoms with E-state index in [0.717, 1.165) is 12.5 Å². The molecule has 0 aliphatic carbocycles. The fraction of sp³-hybridized carbons (Fsp3) is 0.647. The molecular weight excluding hydrogens is 312 g/mol. The zero-order valence-electron chi connectivity index (χ0n) is 12.7. The van der Waals surface area contributed by atoms with Crippen molar-refractivity contribution >= 4 is 15.9 Å². The number of rotatable bonds is 7. The second kappa shape index (κ2) is 8.16. The van der Waals surface area contributed by atoms with Crippen LogP contribution in [0.5, 0.6) is 0 Å². The van der Waals surface area contributed by atoms with E-state index < -0.39 is 0 Å². The first-order valence-electron chi connectivity index (χ1n) is 7.90. The zero-order chi connectivity index (χ0) is 14.4. The van der Waals surface area contributed by atoms with E-state index in [2.05, 4.69) is 64.3 Å². The van der Waals surface area contributed by atoms with Gasteiger partial charge in [0.25, 0.3) is 0 Å². The smallest absolute Gasteiger partial charge is 0.0332 e. The van der Waals surface area contributed by atoms with E-state index in [9.17, 15) is 0 Å². The first kappa shape index (κ1) is 16.0. The molecule has 1 aliphatic heterocycles. The number of benzene rings is 1. The molecule has 2 nitrogen and oxygen atoms in total. The maximum atomic E-state index is 3.70. The van der Waals surface area contributed by atoms with Crippen LogP contribution in [0.1, 0.15) is 44.7 Å². The zero-order valence-corrected chi connectivity index (χ0v) is 14.3. The summed E-state index contributed by atoms with van der Waals surface area (Å²) in [7, 11) is 0. The van der Waals surface area contributed by atoms with Crippen LogP contribution in [0.4, 0.5) is 0 Å². The summed E-state index contributed by atoms with van der Waals surface area (Å²) in [6.07, 6.45) is 3.75. The summed E-state index contributed by atoms with van der Waals surface area (Å²) < 4.78 is 1.17. The standard InChI is InChI=1S/C17H27BrN2/c1-3-9-19-17(15-5-4-6-16(18)12-15)8-11-20-10-7-14(2)13-20/h4-6,12,14,17,19H,3,7-11,13H2,1-2H3. The summed E-state index contributed by atoms with van der Waals surface area (Å²) in [6.45, 7) is 9.44. The van der Waals surface area contributed by atoms with Gasteiger partial charge in [-0.2, -0.15) is 0 Å². The van der Waals surface area contributed by atoms with Gasteiger partial charge in [-0.1, -0.05) is 41.9 Å². The van der Waals surface area contributed by atoms with Gasteiger partial charge < -0.3 is 10.2 Å². The van der Waals surface area contributed by atoms with Crippen molar-refractivity contribution in [1.29, 1.82) is 0 Å². The normalized spacial score (nSPS) is 21.2. The minimum Gasteiger partial charge on any atom is -0.310 e. The lowest BCUT2D eigenvalue weighted by Crippen LogP contribution is -2.28. The molecule has 2 atom stereocenters. The molecule has 0 spiro atoms. The largest absolute Gasteiger partial charge is 0.310 e. The van der Waals surface area contributed by atoms with Crippen LogP contribution in [0, 0.1) is 5.92 Å². The summed E-state index contributed by atoms with van der Waals surface area (Å²) in [5.74, 6) is 0.878. The molecule has 1 aromatic rings. The first-order valence-corrected chi connectivity index (χ1v) is 8.69. The van der Waals surface area contributed by atoms with Gasteiger partial charge in [0, 0.05) is 17.1 Å². The molecule has 1 saturated heterocycles. The maximum absolute atomic E-state index is 3.70. The third-order valence-corrected chi connectivity index (χ3v) is 4.63. The van der Waals surface area contributed by atoms with Crippen molar-refractivity contribution in [1.82, 2.24) is 10.2 Å². The predicted octanol–water partition coefficient (Wildman–Crippen LogP) is 4.22. The average Bonchev–Trinajstić information content (AvgIpc) is 2.85. The van der Waals surface area contributed by atoms with Gasteiger partial charge in [0.05, 0.1) is 0 Å². The molecule has 0 radical (unpaired) electrons. The van der Waals surface area contributed by atoms with E-state index in [4.69, 9.17) is 0 Å². The molecule has 1 aromatic carbocycles. The topological polar surface area (TPSA) is 15.3 Å². The highest BCUT2D eigenvalue weighted by molar-refractivity contribution is 9.10. The summed E-state index contributed by atoms with van der Waals surface area (Å²) in [5, 5.41) is 3.70. The molecule has 3 heteroatoms. The Morgan fingerprint density at radius 3 is 2.95 bits per heavy atom. The highest BCUT2D eigenvalue weighted by Crippen LogP contribution is 2.23. The first-order chi connectivity index (χ1) is 9.69. The molecule has 2 unspecified atom stereocenters. The molecule has 0 saturated carbocycles. The van der Waals surface area contributed by atoms with Gasteiger partial charge in [-0.3, -0.25) is 0 Å². The Hall–Kier alpha value is -0.380. The SMILES string of the molecule is CCCNC(CCN1CCC(C)C1)c1cccc(Br)c1. The fourth-order valence-corrected chi connectivity index (χ4v) is 3.39. The fourth-order valence-electron chi connectivity index (χ4n) is 2.97. The number of hydrogen-bond donors (Lipinski definition) is 1. The van der Waals surface area contributed by atoms with Crippen molar-refractivity contribution in [3.8, 4) is 0 Å². The van der Waals surface area contributed by atoms with E-state index in [0.29, 0.717) is 6.04 Å². The van der Waals surface area contributed by atoms with Gasteiger partial charge in [0.15, 0.2) is 0 Å². The number of nitrogens with one attached hydrogen (secondary N) is 1. The lowest BCUT2D eigenvalue weighted by atomic mass is 10.0. The molecule has 1 heterocycles. The van der Waals surface area contributed by atoms with Crippen LogP contribution in [-0.2, 0) is 0 Å². The van der Waals surface area contributed by atoms with Crippen LogP contribution >= 0.6 is 15.9 Å². The minimum absolute atomic E-state index is 0.475. The van der Waals surface area contributed by atoms with Crippen molar-refractivity contribution < 1.29 is 0 Å². The van der Waals surface area contributed by atoms with Crippen LogP contribution in [0.3, 0.4) is 0 Å². The van der Waals surface area contributed by atoms with Gasteiger partial charge in [-0.25, -0.2) is 0 Å². The quantitative estimate of drug-likeness (QED) is 0.800. The third kappa shape index (κ3) is 4.87. The molecule has 20 heavy (non-hydrogen) atoms. The third-order valence-electron chi connectivity index (χ3n) is 4.13. The summed E-state index contributed by atoms with van der Waals surface area (Å²) in [6, 6.07) is 9.20. The van der Waals surface area contributed by atoms with Crippen LogP contribution in [0.2, 0.25) is 0 Å². The Kier molecular flexibility index (Phi) is 6.53. The van der Waals surface area contributed by atoms with Crippen molar-refractivity contribution in [2.45, 2.75) is 39.2 Å². The van der Waals surface area contributed by atoms with Gasteiger partial charge in [-0.15, -0.1) is 0 Å². The molecule has 1 aliphatic rings. The van der Waals surface area contributed by atoms with E-state index >= 15 is 0 Å². The highest BCUT2D eigenvalue weighted by atomic mass is 79.9. The second-order valence-electron chi connectivity index (χ2n) is 6.04. The lowest BCUT2D eigenvalue weighted by molar-refractivity contribution is 0.301. The summed E-state index contributed by atoms with van der Waals surface area (Å²) >= 11 is 3.59. The van der Waals surface area contributed by atoms with Gasteiger partial charge in [0.2, 0.25) is 0 Å². The highest BCUT2D eigenvalue weighted by Gasteiger charge is 2.20. The predicted molar refractivity (Wildman–Crippen MR) is 90.0 cm³/mol. The summed E-state index contributed by atoms with van der Waals surface area (Å²) in [4.78, 5) is 2.61. The van der Waals surface area contributed by atoms with Crippen LogP contribution in [0.25, 0.3) is 0 Å². The average molecular weight is 339 g/mol. The van der Waals surface area contributed by atoms with E-state index in [1.807, 2.05) is 0 Å². The van der Waals surface area contributed by atoms with Crippen molar-refractivity contribution in [3.05, 3.63) is 34.3 Å². The van der Waals surface area contributed by atoms with E-state index in [1.54, 1.807) is 0 Å². The molecule has 0 amide bonds. The molecule has 1 N–H and O–H groups in total. The van der Waals surface area contributed by atoms with Crippen molar-refractivity contribution in [2.24, 2.45) is 5.92 Å². The Bertz CT molecular complexity index is 408. The van der Waals surface area contributed by atoms with Crippen LogP contribution in [-0.4, -0.2) is 31.1 Å². The number of likely N-dealkylation sites (tertiary alicyclic amines) is 1. The Morgan fingerprint density at radius 1 is 1.45 bits per heavy atom. The van der Waals surface area contributed by atoms with Gasteiger partial charge >= 0.3 is 0 Å². The minimum atomic E-state index is 0.475. The summed E-state index contributed by atoms with van der Waals surface area (Å²) in [5.41, 5.74) is 1.40. The molecule has 2 rings (SSSR count). The maximum Gasteiger partial charge on any atom is 0.0332 e. The molecule has 1 fully saturated rings. The lowest BCUT2D eigenvalue weighted by Gasteiger charge is -2.23. The van der Waals surface area contributed by atoms with Gasteiger partial charge in [0.1, 0.15) is 0 Å². The number of nitrogens with zero attached hydrogens (tertiary/aromatic N) is 1. The number of halogens is 1. The molecular formula is C17H27BrN2. The van der Waals surface area contributed by atoms with Gasteiger partial charge in [-0.05, 0) is 62.5 Å². The molecule has 0 aromatic heterocycles. The Morgan fingerprint density at radius 2 is 2.30 bits per heavy atom. The van der Waals surface area contributed by atoms with Crippen LogP contribution in [0.15, 0.2) is 28.7 Å². The second-order valence-corrected chi connectivity index (χ2v) is 6.96. The molecule has 0 bridgehead atoms.